The highest BCUT2D eigenvalue weighted by atomic mass is 16.6. The molecule has 1 atom stereocenters. The summed E-state index contributed by atoms with van der Waals surface area (Å²) < 4.78 is 5.57. The lowest BCUT2D eigenvalue weighted by molar-refractivity contribution is 0.0767. The van der Waals surface area contributed by atoms with Crippen molar-refractivity contribution in [2.45, 2.75) is 65.3 Å². The van der Waals surface area contributed by atoms with E-state index in [0.717, 1.165) is 42.4 Å². The molecular weight excluding hydrogens is 428 g/mol. The SMILES string of the molecule is Cc1nc2c(c(N3CCN(C(=O)OCc4ccccc4)C(CC#N)C3)n1)CCN(C(C)(C)C)C2. The third kappa shape index (κ3) is 5.31. The maximum atomic E-state index is 12.9. The number of rotatable bonds is 4. The van der Waals surface area contributed by atoms with Gasteiger partial charge in [0.25, 0.3) is 0 Å². The number of ether oxygens (including phenoxy) is 1. The Morgan fingerprint density at radius 2 is 1.94 bits per heavy atom. The number of hydrogen-bond donors (Lipinski definition) is 0. The van der Waals surface area contributed by atoms with Crippen LogP contribution >= 0.6 is 0 Å². The van der Waals surface area contributed by atoms with E-state index in [1.807, 2.05) is 37.3 Å². The van der Waals surface area contributed by atoms with Crippen LogP contribution in [-0.4, -0.2) is 63.6 Å². The standard InChI is InChI=1S/C26H34N6O2/c1-19-28-23-17-31(26(2,3)4)13-11-22(23)24(29-19)30-14-15-32(21(16-30)10-12-27)25(33)34-18-20-8-6-5-7-9-20/h5-9,21H,10-11,13-18H2,1-4H3. The molecule has 3 heterocycles. The number of amides is 1. The number of nitriles is 1. The molecule has 8 heteroatoms. The van der Waals surface area contributed by atoms with Gasteiger partial charge < -0.3 is 14.5 Å². The molecule has 0 bridgehead atoms. The number of piperazine rings is 1. The number of nitrogens with zero attached hydrogens (tertiary/aromatic N) is 6. The average molecular weight is 463 g/mol. The van der Waals surface area contributed by atoms with Crippen LogP contribution in [-0.2, 0) is 24.3 Å². The van der Waals surface area contributed by atoms with Crippen molar-refractivity contribution in [3.63, 3.8) is 0 Å². The Balaban J connectivity index is 1.49. The number of fused-ring (bicyclic) bond motifs is 1. The summed E-state index contributed by atoms with van der Waals surface area (Å²) in [5.74, 6) is 1.71. The van der Waals surface area contributed by atoms with E-state index in [4.69, 9.17) is 14.7 Å². The Bertz CT molecular complexity index is 1060. The summed E-state index contributed by atoms with van der Waals surface area (Å²) in [6, 6.07) is 11.6. The first kappa shape index (κ1) is 24.0. The van der Waals surface area contributed by atoms with Crippen molar-refractivity contribution in [1.82, 2.24) is 19.8 Å². The van der Waals surface area contributed by atoms with Gasteiger partial charge in [-0.05, 0) is 39.7 Å². The summed E-state index contributed by atoms with van der Waals surface area (Å²) >= 11 is 0. The van der Waals surface area contributed by atoms with Crippen LogP contribution in [0.3, 0.4) is 0 Å². The summed E-state index contributed by atoms with van der Waals surface area (Å²) in [6.07, 6.45) is 0.774. The predicted octanol–water partition coefficient (Wildman–Crippen LogP) is 3.68. The highest BCUT2D eigenvalue weighted by Crippen LogP contribution is 2.31. The van der Waals surface area contributed by atoms with Gasteiger partial charge in [-0.25, -0.2) is 14.8 Å². The number of carbonyl (C=O) groups excluding carboxylic acids is 1. The van der Waals surface area contributed by atoms with Gasteiger partial charge in [-0.3, -0.25) is 4.90 Å². The van der Waals surface area contributed by atoms with Crippen LogP contribution in [0.5, 0.6) is 0 Å². The van der Waals surface area contributed by atoms with Crippen LogP contribution < -0.4 is 4.90 Å². The van der Waals surface area contributed by atoms with E-state index >= 15 is 0 Å². The van der Waals surface area contributed by atoms with Crippen LogP contribution in [0.15, 0.2) is 30.3 Å². The minimum atomic E-state index is -0.370. The minimum Gasteiger partial charge on any atom is -0.445 e. The van der Waals surface area contributed by atoms with E-state index < -0.39 is 0 Å². The van der Waals surface area contributed by atoms with E-state index in [1.54, 1.807) is 4.90 Å². The molecule has 0 saturated carbocycles. The molecule has 4 rings (SSSR count). The first-order valence-corrected chi connectivity index (χ1v) is 12.0. The first-order valence-electron chi connectivity index (χ1n) is 12.0. The molecule has 0 N–H and O–H groups in total. The first-order chi connectivity index (χ1) is 16.3. The van der Waals surface area contributed by atoms with Crippen LogP contribution in [0.25, 0.3) is 0 Å². The fourth-order valence-corrected chi connectivity index (χ4v) is 4.74. The number of anilines is 1. The van der Waals surface area contributed by atoms with Crippen molar-refractivity contribution >= 4 is 11.9 Å². The Labute approximate surface area is 202 Å². The maximum Gasteiger partial charge on any atom is 0.410 e. The van der Waals surface area contributed by atoms with Gasteiger partial charge in [0.05, 0.1) is 24.2 Å². The van der Waals surface area contributed by atoms with Crippen LogP contribution in [0.4, 0.5) is 10.6 Å². The molecule has 0 radical (unpaired) electrons. The summed E-state index contributed by atoms with van der Waals surface area (Å²) in [5, 5.41) is 9.45. The molecule has 34 heavy (non-hydrogen) atoms. The number of aryl methyl sites for hydroxylation is 1. The van der Waals surface area contributed by atoms with Gasteiger partial charge in [0.1, 0.15) is 18.2 Å². The lowest BCUT2D eigenvalue weighted by Crippen LogP contribution is -2.56. The van der Waals surface area contributed by atoms with Gasteiger partial charge >= 0.3 is 6.09 Å². The summed E-state index contributed by atoms with van der Waals surface area (Å²) in [4.78, 5) is 28.8. The number of hydrogen-bond acceptors (Lipinski definition) is 7. The second-order valence-electron chi connectivity index (χ2n) is 10.1. The van der Waals surface area contributed by atoms with Gasteiger partial charge in [-0.15, -0.1) is 0 Å². The minimum absolute atomic E-state index is 0.0837. The zero-order valence-electron chi connectivity index (χ0n) is 20.6. The second-order valence-corrected chi connectivity index (χ2v) is 10.1. The van der Waals surface area contributed by atoms with Crippen molar-refractivity contribution in [1.29, 1.82) is 5.26 Å². The van der Waals surface area contributed by atoms with Gasteiger partial charge in [0.15, 0.2) is 0 Å². The van der Waals surface area contributed by atoms with E-state index in [-0.39, 0.29) is 30.7 Å². The second kappa shape index (κ2) is 9.98. The molecule has 1 fully saturated rings. The third-order valence-electron chi connectivity index (χ3n) is 6.65. The largest absolute Gasteiger partial charge is 0.445 e. The van der Waals surface area contributed by atoms with Crippen molar-refractivity contribution in [3.8, 4) is 6.07 Å². The Hall–Kier alpha value is -3.18. The van der Waals surface area contributed by atoms with E-state index in [1.165, 1.54) is 5.56 Å². The number of benzene rings is 1. The highest BCUT2D eigenvalue weighted by Gasteiger charge is 2.35. The highest BCUT2D eigenvalue weighted by molar-refractivity contribution is 5.69. The fraction of sp³-hybridized carbons (Fsp3) is 0.538. The van der Waals surface area contributed by atoms with E-state index in [0.29, 0.717) is 19.6 Å². The van der Waals surface area contributed by atoms with Gasteiger partial charge in [-0.1, -0.05) is 30.3 Å². The Morgan fingerprint density at radius 3 is 2.65 bits per heavy atom. The molecule has 1 amide bonds. The molecule has 1 saturated heterocycles. The molecule has 1 aromatic carbocycles. The fourth-order valence-electron chi connectivity index (χ4n) is 4.74. The van der Waals surface area contributed by atoms with E-state index in [2.05, 4.69) is 36.6 Å². The van der Waals surface area contributed by atoms with Gasteiger partial charge in [0, 0.05) is 43.8 Å². The topological polar surface area (TPSA) is 85.6 Å². The van der Waals surface area contributed by atoms with E-state index in [9.17, 15) is 10.1 Å². The monoisotopic (exact) mass is 462 g/mol. The zero-order valence-corrected chi connectivity index (χ0v) is 20.6. The van der Waals surface area contributed by atoms with Crippen molar-refractivity contribution < 1.29 is 9.53 Å². The smallest absolute Gasteiger partial charge is 0.410 e. The molecular formula is C26H34N6O2. The normalized spacial score (nSPS) is 18.9. The number of carbonyl (C=O) groups is 1. The maximum absolute atomic E-state index is 12.9. The molecule has 2 aromatic rings. The predicted molar refractivity (Wildman–Crippen MR) is 130 cm³/mol. The Morgan fingerprint density at radius 1 is 1.18 bits per heavy atom. The quantitative estimate of drug-likeness (QED) is 0.685. The lowest BCUT2D eigenvalue weighted by atomic mass is 9.98. The molecule has 2 aliphatic heterocycles. The molecule has 1 unspecified atom stereocenters. The molecule has 0 aliphatic carbocycles. The van der Waals surface area contributed by atoms with Crippen molar-refractivity contribution in [2.24, 2.45) is 0 Å². The summed E-state index contributed by atoms with van der Waals surface area (Å²) in [7, 11) is 0. The van der Waals surface area contributed by atoms with Crippen LogP contribution in [0, 0.1) is 18.3 Å². The van der Waals surface area contributed by atoms with Gasteiger partial charge in [0.2, 0.25) is 0 Å². The van der Waals surface area contributed by atoms with Crippen molar-refractivity contribution in [2.75, 3.05) is 31.1 Å². The third-order valence-corrected chi connectivity index (χ3v) is 6.65. The molecule has 0 spiro atoms. The molecule has 8 nitrogen and oxygen atoms in total. The van der Waals surface area contributed by atoms with Crippen molar-refractivity contribution in [3.05, 3.63) is 53.0 Å². The summed E-state index contributed by atoms with van der Waals surface area (Å²) in [6.45, 7) is 12.3. The molecule has 2 aliphatic rings. The molecule has 180 valence electrons. The average Bonchev–Trinajstić information content (AvgIpc) is 2.82. The molecule has 1 aromatic heterocycles. The van der Waals surface area contributed by atoms with Crippen LogP contribution in [0.2, 0.25) is 0 Å². The Kier molecular flexibility index (Phi) is 7.03. The summed E-state index contributed by atoms with van der Waals surface area (Å²) in [5.41, 5.74) is 3.31. The number of aromatic nitrogens is 2. The zero-order chi connectivity index (χ0) is 24.3. The van der Waals surface area contributed by atoms with Gasteiger partial charge in [-0.2, -0.15) is 5.26 Å². The lowest BCUT2D eigenvalue weighted by Gasteiger charge is -2.43. The van der Waals surface area contributed by atoms with Crippen LogP contribution in [0.1, 0.15) is 49.8 Å².